The zero-order valence-electron chi connectivity index (χ0n) is 13.3. The van der Waals surface area contributed by atoms with Crippen molar-refractivity contribution >= 4 is 17.7 Å². The van der Waals surface area contributed by atoms with Crippen LogP contribution in [0.2, 0.25) is 0 Å². The Morgan fingerprint density at radius 3 is 2.33 bits per heavy atom. The van der Waals surface area contributed by atoms with Crippen molar-refractivity contribution in [2.75, 3.05) is 46.3 Å². The summed E-state index contributed by atoms with van der Waals surface area (Å²) in [6, 6.07) is 6.31. The maximum absolute atomic E-state index is 12.3. The highest BCUT2D eigenvalue weighted by atomic mass is 32.2. The van der Waals surface area contributed by atoms with E-state index in [-0.39, 0.29) is 5.91 Å². The van der Waals surface area contributed by atoms with E-state index < -0.39 is 0 Å². The van der Waals surface area contributed by atoms with E-state index in [0.717, 1.165) is 0 Å². The first-order chi connectivity index (χ1) is 10.1. The maximum atomic E-state index is 12.3. The molecule has 0 aromatic heterocycles. The highest BCUT2D eigenvalue weighted by Gasteiger charge is 2.14. The highest BCUT2D eigenvalue weighted by molar-refractivity contribution is 8.00. The summed E-state index contributed by atoms with van der Waals surface area (Å²) < 4.78 is 10.1. The summed E-state index contributed by atoms with van der Waals surface area (Å²) in [5.41, 5.74) is 2.42. The fourth-order valence-electron chi connectivity index (χ4n) is 1.86. The Labute approximate surface area is 131 Å². The number of carbonyl (C=O) groups excluding carboxylic acids is 1. The third kappa shape index (κ3) is 6.50. The third-order valence-electron chi connectivity index (χ3n) is 3.18. The Balaban J connectivity index is 2.57. The van der Waals surface area contributed by atoms with E-state index in [2.05, 4.69) is 32.0 Å². The third-order valence-corrected chi connectivity index (χ3v) is 4.32. The molecule has 0 atom stereocenters. The van der Waals surface area contributed by atoms with Crippen LogP contribution in [0.1, 0.15) is 11.1 Å². The summed E-state index contributed by atoms with van der Waals surface area (Å²) in [5, 5.41) is 0. The summed E-state index contributed by atoms with van der Waals surface area (Å²) in [4.78, 5) is 15.3. The minimum absolute atomic E-state index is 0.120. The summed E-state index contributed by atoms with van der Waals surface area (Å²) in [7, 11) is 3.29. The van der Waals surface area contributed by atoms with Gasteiger partial charge >= 0.3 is 0 Å². The van der Waals surface area contributed by atoms with Crippen LogP contribution < -0.4 is 0 Å². The van der Waals surface area contributed by atoms with Gasteiger partial charge in [-0.1, -0.05) is 17.7 Å². The van der Waals surface area contributed by atoms with Crippen LogP contribution in [-0.4, -0.2) is 57.1 Å². The standard InChI is InChI=1S/C16H25NO3S/c1-13-5-6-14(2)15(11-13)21-12-16(18)17(7-9-19-3)8-10-20-4/h5-6,11H,7-10,12H2,1-4H3. The fraction of sp³-hybridized carbons (Fsp3) is 0.562. The molecule has 0 aliphatic heterocycles. The number of thioether (sulfide) groups is 1. The van der Waals surface area contributed by atoms with Gasteiger partial charge in [-0.2, -0.15) is 0 Å². The van der Waals surface area contributed by atoms with Gasteiger partial charge in [-0.05, 0) is 25.5 Å². The first-order valence-electron chi connectivity index (χ1n) is 7.04. The minimum atomic E-state index is 0.120. The lowest BCUT2D eigenvalue weighted by molar-refractivity contribution is -0.129. The van der Waals surface area contributed by atoms with Gasteiger partial charge in [-0.25, -0.2) is 0 Å². The van der Waals surface area contributed by atoms with Crippen LogP contribution in [0, 0.1) is 13.8 Å². The Hall–Kier alpha value is -1.04. The van der Waals surface area contributed by atoms with E-state index in [1.54, 1.807) is 30.9 Å². The maximum Gasteiger partial charge on any atom is 0.233 e. The van der Waals surface area contributed by atoms with E-state index in [0.29, 0.717) is 32.1 Å². The Kier molecular flexibility index (Phi) is 8.42. The molecule has 0 aliphatic rings. The number of nitrogens with zero attached hydrogens (tertiary/aromatic N) is 1. The number of rotatable bonds is 9. The highest BCUT2D eigenvalue weighted by Crippen LogP contribution is 2.23. The van der Waals surface area contributed by atoms with Gasteiger partial charge in [0.15, 0.2) is 0 Å². The number of aryl methyl sites for hydroxylation is 2. The van der Waals surface area contributed by atoms with Crippen LogP contribution in [0.4, 0.5) is 0 Å². The normalized spacial score (nSPS) is 10.7. The van der Waals surface area contributed by atoms with Crippen molar-refractivity contribution in [2.45, 2.75) is 18.7 Å². The molecule has 118 valence electrons. The van der Waals surface area contributed by atoms with Crippen molar-refractivity contribution in [1.82, 2.24) is 4.90 Å². The molecule has 0 radical (unpaired) electrons. The molecular weight excluding hydrogens is 286 g/mol. The molecule has 1 amide bonds. The molecule has 0 unspecified atom stereocenters. The van der Waals surface area contributed by atoms with Gasteiger partial charge in [0.1, 0.15) is 0 Å². The molecular formula is C16H25NO3S. The van der Waals surface area contributed by atoms with Gasteiger partial charge in [0.25, 0.3) is 0 Å². The van der Waals surface area contributed by atoms with Crippen molar-refractivity contribution in [3.63, 3.8) is 0 Å². The zero-order chi connectivity index (χ0) is 15.7. The van der Waals surface area contributed by atoms with Crippen molar-refractivity contribution in [2.24, 2.45) is 0 Å². The Morgan fingerprint density at radius 1 is 1.14 bits per heavy atom. The molecule has 0 aliphatic carbocycles. The monoisotopic (exact) mass is 311 g/mol. The summed E-state index contributed by atoms with van der Waals surface area (Å²) in [6.07, 6.45) is 0. The predicted molar refractivity (Wildman–Crippen MR) is 87.0 cm³/mol. The van der Waals surface area contributed by atoms with Crippen LogP contribution >= 0.6 is 11.8 Å². The van der Waals surface area contributed by atoms with Crippen LogP contribution in [0.15, 0.2) is 23.1 Å². The molecule has 0 spiro atoms. The molecule has 21 heavy (non-hydrogen) atoms. The number of hydrogen-bond donors (Lipinski definition) is 0. The summed E-state index contributed by atoms with van der Waals surface area (Å²) in [5.74, 6) is 0.563. The number of ether oxygens (including phenoxy) is 2. The number of amides is 1. The van der Waals surface area contributed by atoms with E-state index >= 15 is 0 Å². The van der Waals surface area contributed by atoms with Crippen molar-refractivity contribution in [1.29, 1.82) is 0 Å². The molecule has 0 fully saturated rings. The average Bonchev–Trinajstić information content (AvgIpc) is 2.48. The second-order valence-electron chi connectivity index (χ2n) is 4.92. The van der Waals surface area contributed by atoms with Gasteiger partial charge in [0, 0.05) is 32.2 Å². The Morgan fingerprint density at radius 2 is 1.76 bits per heavy atom. The van der Waals surface area contributed by atoms with Crippen LogP contribution in [0.5, 0.6) is 0 Å². The molecule has 0 saturated carbocycles. The first kappa shape index (κ1) is 18.0. The molecule has 0 N–H and O–H groups in total. The van der Waals surface area contributed by atoms with Crippen molar-refractivity contribution in [3.05, 3.63) is 29.3 Å². The van der Waals surface area contributed by atoms with Crippen molar-refractivity contribution in [3.8, 4) is 0 Å². The van der Waals surface area contributed by atoms with E-state index in [9.17, 15) is 4.79 Å². The van der Waals surface area contributed by atoms with Crippen molar-refractivity contribution < 1.29 is 14.3 Å². The first-order valence-corrected chi connectivity index (χ1v) is 8.02. The molecule has 5 heteroatoms. The lowest BCUT2D eigenvalue weighted by atomic mass is 10.2. The fourth-order valence-corrected chi connectivity index (χ4v) is 2.88. The molecule has 1 aromatic carbocycles. The Bertz CT molecular complexity index is 443. The smallest absolute Gasteiger partial charge is 0.233 e. The zero-order valence-corrected chi connectivity index (χ0v) is 14.2. The molecule has 0 heterocycles. The van der Waals surface area contributed by atoms with Crippen LogP contribution in [-0.2, 0) is 14.3 Å². The number of methoxy groups -OCH3 is 2. The second-order valence-corrected chi connectivity index (χ2v) is 5.94. The van der Waals surface area contributed by atoms with Gasteiger partial charge in [0.05, 0.1) is 19.0 Å². The van der Waals surface area contributed by atoms with Crippen LogP contribution in [0.25, 0.3) is 0 Å². The molecule has 0 saturated heterocycles. The molecule has 4 nitrogen and oxygen atoms in total. The molecule has 1 aromatic rings. The second kappa shape index (κ2) is 9.82. The molecule has 1 rings (SSSR count). The lowest BCUT2D eigenvalue weighted by Gasteiger charge is -2.22. The summed E-state index contributed by atoms with van der Waals surface area (Å²) >= 11 is 1.59. The average molecular weight is 311 g/mol. The van der Waals surface area contributed by atoms with Gasteiger partial charge < -0.3 is 14.4 Å². The van der Waals surface area contributed by atoms with E-state index in [4.69, 9.17) is 9.47 Å². The lowest BCUT2D eigenvalue weighted by Crippen LogP contribution is -2.37. The van der Waals surface area contributed by atoms with Gasteiger partial charge in [0.2, 0.25) is 5.91 Å². The number of hydrogen-bond acceptors (Lipinski definition) is 4. The van der Waals surface area contributed by atoms with Gasteiger partial charge in [-0.3, -0.25) is 4.79 Å². The SMILES string of the molecule is COCCN(CCOC)C(=O)CSc1cc(C)ccc1C. The quantitative estimate of drug-likeness (QED) is 0.657. The summed E-state index contributed by atoms with van der Waals surface area (Å²) in [6.45, 7) is 6.43. The van der Waals surface area contributed by atoms with Crippen LogP contribution in [0.3, 0.4) is 0 Å². The predicted octanol–water partition coefficient (Wildman–Crippen LogP) is 2.52. The topological polar surface area (TPSA) is 38.8 Å². The number of benzene rings is 1. The van der Waals surface area contributed by atoms with Gasteiger partial charge in [-0.15, -0.1) is 11.8 Å². The van der Waals surface area contributed by atoms with E-state index in [1.807, 2.05) is 0 Å². The van der Waals surface area contributed by atoms with E-state index in [1.165, 1.54) is 16.0 Å². The minimum Gasteiger partial charge on any atom is -0.383 e. The number of carbonyl (C=O) groups is 1. The molecule has 0 bridgehead atoms. The largest absolute Gasteiger partial charge is 0.383 e.